The maximum Gasteiger partial charge on any atom is 0.407 e. The molecule has 2 aliphatic heterocycles. The van der Waals surface area contributed by atoms with Crippen LogP contribution in [0.5, 0.6) is 0 Å². The molecule has 0 aromatic carbocycles. The van der Waals surface area contributed by atoms with E-state index in [1.165, 1.54) is 0 Å². The fourth-order valence-electron chi connectivity index (χ4n) is 4.01. The van der Waals surface area contributed by atoms with Crippen LogP contribution in [0.3, 0.4) is 0 Å². The first-order valence-corrected chi connectivity index (χ1v) is 11.5. The van der Waals surface area contributed by atoms with E-state index in [4.69, 9.17) is 4.74 Å². The Morgan fingerprint density at radius 3 is 2.56 bits per heavy atom. The molecule has 3 heterocycles. The maximum atomic E-state index is 12.0. The lowest BCUT2D eigenvalue weighted by Gasteiger charge is -2.34. The van der Waals surface area contributed by atoms with Gasteiger partial charge in [0.1, 0.15) is 5.60 Å². The summed E-state index contributed by atoms with van der Waals surface area (Å²) in [4.78, 5) is 32.0. The second kappa shape index (κ2) is 11.3. The molecule has 2 aliphatic rings. The van der Waals surface area contributed by atoms with Crippen LogP contribution in [0, 0.1) is 0 Å². The molecule has 0 saturated carbocycles. The van der Waals surface area contributed by atoms with Gasteiger partial charge >= 0.3 is 6.09 Å². The van der Waals surface area contributed by atoms with Gasteiger partial charge in [-0.1, -0.05) is 0 Å². The number of carbonyl (C=O) groups excluding carboxylic acids is 1. The van der Waals surface area contributed by atoms with Crippen LogP contribution in [0.4, 0.5) is 10.7 Å². The van der Waals surface area contributed by atoms with Gasteiger partial charge in [-0.15, -0.1) is 0 Å². The molecule has 3 rings (SSSR count). The second-order valence-corrected chi connectivity index (χ2v) is 9.28. The second-order valence-electron chi connectivity index (χ2n) is 9.28. The van der Waals surface area contributed by atoms with Crippen molar-refractivity contribution >= 4 is 18.0 Å². The van der Waals surface area contributed by atoms with Crippen molar-refractivity contribution in [2.45, 2.75) is 45.3 Å². The Morgan fingerprint density at radius 2 is 1.91 bits per heavy atom. The molecule has 32 heavy (non-hydrogen) atoms. The smallest absolute Gasteiger partial charge is 0.407 e. The summed E-state index contributed by atoms with van der Waals surface area (Å²) in [5.74, 6) is 1.72. The Balaban J connectivity index is 1.31. The SMILES string of the molecule is CN=C(NCCCN1CCN(c2ncccn2)CC1)N1CCC(NC(=O)OC(C)(C)C)C1. The van der Waals surface area contributed by atoms with Crippen LogP contribution in [-0.2, 0) is 4.74 Å². The summed E-state index contributed by atoms with van der Waals surface area (Å²) >= 11 is 0. The zero-order valence-electron chi connectivity index (χ0n) is 19.9. The first-order chi connectivity index (χ1) is 15.3. The van der Waals surface area contributed by atoms with Gasteiger partial charge in [0.15, 0.2) is 5.96 Å². The van der Waals surface area contributed by atoms with E-state index in [0.717, 1.165) is 77.1 Å². The third kappa shape index (κ3) is 7.51. The number of carbonyl (C=O) groups is 1. The Bertz CT molecular complexity index is 744. The maximum absolute atomic E-state index is 12.0. The number of guanidine groups is 1. The van der Waals surface area contributed by atoms with Crippen molar-refractivity contribution in [3.05, 3.63) is 18.5 Å². The number of aromatic nitrogens is 2. The predicted octanol–water partition coefficient (Wildman–Crippen LogP) is 1.16. The normalized spacial score (nSPS) is 20.4. The van der Waals surface area contributed by atoms with Crippen molar-refractivity contribution in [3.63, 3.8) is 0 Å². The molecule has 0 aliphatic carbocycles. The molecule has 1 aromatic rings. The summed E-state index contributed by atoms with van der Waals surface area (Å²) < 4.78 is 5.36. The zero-order valence-corrected chi connectivity index (χ0v) is 19.9. The monoisotopic (exact) mass is 446 g/mol. The van der Waals surface area contributed by atoms with E-state index in [-0.39, 0.29) is 12.1 Å². The van der Waals surface area contributed by atoms with Crippen LogP contribution in [0.15, 0.2) is 23.5 Å². The summed E-state index contributed by atoms with van der Waals surface area (Å²) in [6, 6.07) is 1.92. The van der Waals surface area contributed by atoms with E-state index in [0.29, 0.717) is 0 Å². The number of amides is 1. The molecule has 10 nitrogen and oxygen atoms in total. The topological polar surface area (TPSA) is 98.2 Å². The number of likely N-dealkylation sites (tertiary alicyclic amines) is 1. The van der Waals surface area contributed by atoms with E-state index in [9.17, 15) is 4.79 Å². The van der Waals surface area contributed by atoms with Gasteiger partial charge in [-0.25, -0.2) is 14.8 Å². The summed E-state index contributed by atoms with van der Waals surface area (Å²) in [5.41, 5.74) is -0.484. The van der Waals surface area contributed by atoms with Gasteiger partial charge < -0.3 is 25.2 Å². The Morgan fingerprint density at radius 1 is 1.19 bits per heavy atom. The molecule has 1 aromatic heterocycles. The highest BCUT2D eigenvalue weighted by Crippen LogP contribution is 2.12. The molecule has 2 fully saturated rings. The van der Waals surface area contributed by atoms with E-state index in [1.54, 1.807) is 12.4 Å². The highest BCUT2D eigenvalue weighted by Gasteiger charge is 2.27. The fourth-order valence-corrected chi connectivity index (χ4v) is 4.01. The number of aliphatic imine (C=N–C) groups is 1. The van der Waals surface area contributed by atoms with Crippen LogP contribution in [0.2, 0.25) is 0 Å². The number of hydrogen-bond donors (Lipinski definition) is 2. The molecule has 1 amide bonds. The van der Waals surface area contributed by atoms with Gasteiger partial charge in [0.2, 0.25) is 5.95 Å². The van der Waals surface area contributed by atoms with Crippen LogP contribution in [-0.4, -0.2) is 103 Å². The number of piperazine rings is 1. The van der Waals surface area contributed by atoms with Gasteiger partial charge in [-0.2, -0.15) is 0 Å². The lowest BCUT2D eigenvalue weighted by molar-refractivity contribution is 0.0507. The number of alkyl carbamates (subject to hydrolysis) is 1. The lowest BCUT2D eigenvalue weighted by atomic mass is 10.2. The van der Waals surface area contributed by atoms with Crippen LogP contribution in [0.1, 0.15) is 33.6 Å². The van der Waals surface area contributed by atoms with Crippen molar-refractivity contribution in [1.29, 1.82) is 0 Å². The highest BCUT2D eigenvalue weighted by atomic mass is 16.6. The van der Waals surface area contributed by atoms with E-state index in [2.05, 4.69) is 40.3 Å². The zero-order chi connectivity index (χ0) is 23.0. The molecule has 10 heteroatoms. The van der Waals surface area contributed by atoms with E-state index >= 15 is 0 Å². The summed E-state index contributed by atoms with van der Waals surface area (Å²) in [7, 11) is 1.81. The molecule has 1 atom stereocenters. The molecule has 2 saturated heterocycles. The predicted molar refractivity (Wildman–Crippen MR) is 126 cm³/mol. The van der Waals surface area contributed by atoms with Gasteiger partial charge in [0.25, 0.3) is 0 Å². The molecular weight excluding hydrogens is 408 g/mol. The van der Waals surface area contributed by atoms with Crippen LogP contribution < -0.4 is 15.5 Å². The minimum atomic E-state index is -0.484. The Labute approximate surface area is 191 Å². The number of nitrogens with one attached hydrogen (secondary N) is 2. The molecule has 178 valence electrons. The average molecular weight is 447 g/mol. The first kappa shape index (κ1) is 24.0. The standard InChI is InChI=1S/C22H38N8O2/c1-22(2,3)32-21(31)27-18-7-12-30(17-18)19(23-4)24-10-6-11-28-13-15-29(16-14-28)20-25-8-5-9-26-20/h5,8-9,18H,6-7,10-17H2,1-4H3,(H,23,24)(H,27,31). The number of nitrogens with zero attached hydrogens (tertiary/aromatic N) is 6. The van der Waals surface area contributed by atoms with Crippen molar-refractivity contribution in [3.8, 4) is 0 Å². The summed E-state index contributed by atoms with van der Waals surface area (Å²) in [5, 5.41) is 6.44. The minimum absolute atomic E-state index is 0.0771. The van der Waals surface area contributed by atoms with Crippen molar-refractivity contribution in [1.82, 2.24) is 30.4 Å². The number of ether oxygens (including phenoxy) is 1. The Kier molecular flexibility index (Phi) is 8.49. The largest absolute Gasteiger partial charge is 0.444 e. The molecule has 0 spiro atoms. The number of anilines is 1. The lowest BCUT2D eigenvalue weighted by Crippen LogP contribution is -2.48. The number of hydrogen-bond acceptors (Lipinski definition) is 7. The minimum Gasteiger partial charge on any atom is -0.444 e. The average Bonchev–Trinajstić information content (AvgIpc) is 3.21. The third-order valence-corrected chi connectivity index (χ3v) is 5.56. The van der Waals surface area contributed by atoms with Gasteiger partial charge in [-0.05, 0) is 46.2 Å². The third-order valence-electron chi connectivity index (χ3n) is 5.56. The van der Waals surface area contributed by atoms with Gasteiger partial charge in [0.05, 0.1) is 6.04 Å². The Hall–Kier alpha value is -2.62. The number of rotatable bonds is 6. The molecule has 0 bridgehead atoms. The fraction of sp³-hybridized carbons (Fsp3) is 0.727. The van der Waals surface area contributed by atoms with Gasteiger partial charge in [-0.3, -0.25) is 9.89 Å². The molecule has 0 radical (unpaired) electrons. The van der Waals surface area contributed by atoms with Crippen molar-refractivity contribution in [2.75, 3.05) is 64.3 Å². The van der Waals surface area contributed by atoms with Crippen molar-refractivity contribution in [2.24, 2.45) is 4.99 Å². The van der Waals surface area contributed by atoms with Crippen LogP contribution >= 0.6 is 0 Å². The first-order valence-electron chi connectivity index (χ1n) is 11.5. The van der Waals surface area contributed by atoms with E-state index in [1.807, 2.05) is 33.9 Å². The van der Waals surface area contributed by atoms with Crippen LogP contribution in [0.25, 0.3) is 0 Å². The quantitative estimate of drug-likeness (QED) is 0.382. The van der Waals surface area contributed by atoms with Gasteiger partial charge in [0, 0.05) is 65.3 Å². The molecular formula is C22H38N8O2. The highest BCUT2D eigenvalue weighted by molar-refractivity contribution is 5.80. The summed E-state index contributed by atoms with van der Waals surface area (Å²) in [6.45, 7) is 13.1. The van der Waals surface area contributed by atoms with Crippen molar-refractivity contribution < 1.29 is 9.53 Å². The molecule has 2 N–H and O–H groups in total. The molecule has 1 unspecified atom stereocenters. The summed E-state index contributed by atoms with van der Waals surface area (Å²) in [6.07, 6.45) is 5.17. The van der Waals surface area contributed by atoms with E-state index < -0.39 is 5.60 Å².